The van der Waals surface area contributed by atoms with Gasteiger partial charge in [-0.2, -0.15) is 0 Å². The standard InChI is InChI=1S/C15H10Cl2FNO3/c1-22-15(21)8-2-5-11(17)13(6-8)19-14(20)10-4-3-9(16)7-12(10)18/h2-7H,1H3,(H,19,20). The molecular weight excluding hydrogens is 332 g/mol. The molecule has 1 amide bonds. The van der Waals surface area contributed by atoms with Crippen molar-refractivity contribution in [3.8, 4) is 0 Å². The summed E-state index contributed by atoms with van der Waals surface area (Å²) in [7, 11) is 1.23. The zero-order valence-electron chi connectivity index (χ0n) is 11.3. The fourth-order valence-electron chi connectivity index (χ4n) is 1.73. The van der Waals surface area contributed by atoms with Crippen LogP contribution in [0.3, 0.4) is 0 Å². The molecule has 0 aromatic heterocycles. The molecule has 0 aliphatic carbocycles. The van der Waals surface area contributed by atoms with E-state index in [1.807, 2.05) is 0 Å². The van der Waals surface area contributed by atoms with E-state index in [2.05, 4.69) is 10.1 Å². The molecule has 0 aliphatic heterocycles. The predicted octanol–water partition coefficient (Wildman–Crippen LogP) is 4.17. The smallest absolute Gasteiger partial charge is 0.337 e. The summed E-state index contributed by atoms with van der Waals surface area (Å²) in [5.41, 5.74) is 0.187. The van der Waals surface area contributed by atoms with Gasteiger partial charge in [-0.15, -0.1) is 0 Å². The van der Waals surface area contributed by atoms with Gasteiger partial charge in [-0.25, -0.2) is 9.18 Å². The van der Waals surface area contributed by atoms with Crippen molar-refractivity contribution in [3.63, 3.8) is 0 Å². The number of benzene rings is 2. The molecule has 0 spiro atoms. The Balaban J connectivity index is 2.29. The van der Waals surface area contributed by atoms with Crippen LogP contribution >= 0.6 is 23.2 Å². The van der Waals surface area contributed by atoms with E-state index in [0.717, 1.165) is 6.07 Å². The zero-order chi connectivity index (χ0) is 16.3. The number of amides is 1. The Kier molecular flexibility index (Phi) is 5.00. The molecule has 114 valence electrons. The van der Waals surface area contributed by atoms with Gasteiger partial charge in [-0.1, -0.05) is 23.2 Å². The lowest BCUT2D eigenvalue weighted by Crippen LogP contribution is -2.14. The molecule has 0 heterocycles. The molecule has 4 nitrogen and oxygen atoms in total. The Bertz CT molecular complexity index is 750. The minimum absolute atomic E-state index is 0.170. The van der Waals surface area contributed by atoms with Crippen molar-refractivity contribution < 1.29 is 18.7 Å². The van der Waals surface area contributed by atoms with Crippen molar-refractivity contribution in [2.75, 3.05) is 12.4 Å². The van der Waals surface area contributed by atoms with Gasteiger partial charge in [-0.3, -0.25) is 4.79 Å². The maximum absolute atomic E-state index is 13.7. The van der Waals surface area contributed by atoms with E-state index in [-0.39, 0.29) is 26.9 Å². The van der Waals surface area contributed by atoms with Crippen molar-refractivity contribution in [3.05, 3.63) is 63.4 Å². The van der Waals surface area contributed by atoms with E-state index < -0.39 is 17.7 Å². The molecule has 0 atom stereocenters. The number of anilines is 1. The van der Waals surface area contributed by atoms with Crippen LogP contribution in [0.2, 0.25) is 10.0 Å². The molecule has 0 bridgehead atoms. The summed E-state index contributed by atoms with van der Waals surface area (Å²) in [6.07, 6.45) is 0. The van der Waals surface area contributed by atoms with Crippen molar-refractivity contribution in [1.82, 2.24) is 0 Å². The van der Waals surface area contributed by atoms with Crippen LogP contribution in [0.5, 0.6) is 0 Å². The van der Waals surface area contributed by atoms with E-state index in [0.29, 0.717) is 0 Å². The third-order valence-corrected chi connectivity index (χ3v) is 3.38. The average molecular weight is 342 g/mol. The summed E-state index contributed by atoms with van der Waals surface area (Å²) >= 11 is 11.6. The number of halogens is 3. The second kappa shape index (κ2) is 6.77. The summed E-state index contributed by atoms with van der Waals surface area (Å²) in [5, 5.41) is 2.83. The first-order valence-corrected chi connectivity index (χ1v) is 6.82. The molecule has 22 heavy (non-hydrogen) atoms. The van der Waals surface area contributed by atoms with Gasteiger partial charge in [0.1, 0.15) is 5.82 Å². The summed E-state index contributed by atoms with van der Waals surface area (Å²) < 4.78 is 18.3. The van der Waals surface area contributed by atoms with Crippen LogP contribution in [0, 0.1) is 5.82 Å². The SMILES string of the molecule is COC(=O)c1ccc(Cl)c(NC(=O)c2ccc(Cl)cc2F)c1. The molecule has 0 unspecified atom stereocenters. The highest BCUT2D eigenvalue weighted by Crippen LogP contribution is 2.25. The van der Waals surface area contributed by atoms with E-state index in [1.54, 1.807) is 0 Å². The maximum atomic E-state index is 13.7. The third kappa shape index (κ3) is 3.55. The molecule has 0 fully saturated rings. The molecule has 2 aromatic rings. The van der Waals surface area contributed by atoms with Crippen LogP contribution in [0.1, 0.15) is 20.7 Å². The summed E-state index contributed by atoms with van der Waals surface area (Å²) in [6, 6.07) is 7.91. The fourth-order valence-corrected chi connectivity index (χ4v) is 2.05. The first kappa shape index (κ1) is 16.3. The quantitative estimate of drug-likeness (QED) is 0.852. The van der Waals surface area contributed by atoms with Gasteiger partial charge < -0.3 is 10.1 Å². The van der Waals surface area contributed by atoms with Crippen LogP contribution in [0.25, 0.3) is 0 Å². The second-order valence-corrected chi connectivity index (χ2v) is 5.11. The van der Waals surface area contributed by atoms with Gasteiger partial charge in [-0.05, 0) is 36.4 Å². The molecule has 0 saturated carbocycles. The summed E-state index contributed by atoms with van der Waals surface area (Å²) in [6.45, 7) is 0. The van der Waals surface area contributed by atoms with Gasteiger partial charge in [0.2, 0.25) is 0 Å². The topological polar surface area (TPSA) is 55.4 Å². The number of rotatable bonds is 3. The Hall–Kier alpha value is -2.11. The van der Waals surface area contributed by atoms with Gasteiger partial charge >= 0.3 is 5.97 Å². The van der Waals surface area contributed by atoms with Crippen LogP contribution in [-0.2, 0) is 4.74 Å². The number of nitrogens with one attached hydrogen (secondary N) is 1. The summed E-state index contributed by atoms with van der Waals surface area (Å²) in [5.74, 6) is -2.05. The molecule has 0 saturated heterocycles. The van der Waals surface area contributed by atoms with Gasteiger partial charge in [0, 0.05) is 5.02 Å². The van der Waals surface area contributed by atoms with Crippen LogP contribution in [-0.4, -0.2) is 19.0 Å². The predicted molar refractivity (Wildman–Crippen MR) is 82.2 cm³/mol. The monoisotopic (exact) mass is 341 g/mol. The highest BCUT2D eigenvalue weighted by molar-refractivity contribution is 6.34. The maximum Gasteiger partial charge on any atom is 0.337 e. The van der Waals surface area contributed by atoms with Crippen molar-refractivity contribution in [2.45, 2.75) is 0 Å². The van der Waals surface area contributed by atoms with E-state index >= 15 is 0 Å². The molecule has 0 radical (unpaired) electrons. The molecule has 1 N–H and O–H groups in total. The van der Waals surface area contributed by atoms with Gasteiger partial charge in [0.05, 0.1) is 28.9 Å². The van der Waals surface area contributed by atoms with E-state index in [1.165, 1.54) is 37.4 Å². The molecule has 2 rings (SSSR count). The Morgan fingerprint density at radius 2 is 1.86 bits per heavy atom. The molecule has 0 aliphatic rings. The van der Waals surface area contributed by atoms with E-state index in [9.17, 15) is 14.0 Å². The number of hydrogen-bond donors (Lipinski definition) is 1. The number of esters is 1. The molecule has 7 heteroatoms. The van der Waals surface area contributed by atoms with Gasteiger partial charge in [0.15, 0.2) is 0 Å². The Labute approximate surface area is 135 Å². The minimum atomic E-state index is -0.759. The highest BCUT2D eigenvalue weighted by atomic mass is 35.5. The lowest BCUT2D eigenvalue weighted by molar-refractivity contribution is 0.0600. The van der Waals surface area contributed by atoms with E-state index in [4.69, 9.17) is 23.2 Å². The number of carbonyl (C=O) groups excluding carboxylic acids is 2. The highest BCUT2D eigenvalue weighted by Gasteiger charge is 2.15. The fraction of sp³-hybridized carbons (Fsp3) is 0.0667. The lowest BCUT2D eigenvalue weighted by Gasteiger charge is -2.09. The van der Waals surface area contributed by atoms with Crippen LogP contribution < -0.4 is 5.32 Å². The normalized spacial score (nSPS) is 10.2. The number of carbonyl (C=O) groups is 2. The first-order chi connectivity index (χ1) is 10.4. The lowest BCUT2D eigenvalue weighted by atomic mass is 10.1. The Morgan fingerprint density at radius 1 is 1.14 bits per heavy atom. The zero-order valence-corrected chi connectivity index (χ0v) is 12.8. The Morgan fingerprint density at radius 3 is 2.50 bits per heavy atom. The number of ether oxygens (including phenoxy) is 1. The third-order valence-electron chi connectivity index (χ3n) is 2.81. The first-order valence-electron chi connectivity index (χ1n) is 6.06. The van der Waals surface area contributed by atoms with Crippen molar-refractivity contribution >= 4 is 40.8 Å². The summed E-state index contributed by atoms with van der Waals surface area (Å²) in [4.78, 5) is 23.6. The number of methoxy groups -OCH3 is 1. The number of hydrogen-bond acceptors (Lipinski definition) is 3. The van der Waals surface area contributed by atoms with Crippen molar-refractivity contribution in [2.24, 2.45) is 0 Å². The minimum Gasteiger partial charge on any atom is -0.465 e. The molecule has 2 aromatic carbocycles. The van der Waals surface area contributed by atoms with Crippen LogP contribution in [0.4, 0.5) is 10.1 Å². The van der Waals surface area contributed by atoms with Crippen LogP contribution in [0.15, 0.2) is 36.4 Å². The molecular formula is C15H10Cl2FNO3. The second-order valence-electron chi connectivity index (χ2n) is 4.26. The van der Waals surface area contributed by atoms with Crippen molar-refractivity contribution in [1.29, 1.82) is 0 Å². The largest absolute Gasteiger partial charge is 0.465 e. The van der Waals surface area contributed by atoms with Gasteiger partial charge in [0.25, 0.3) is 5.91 Å². The average Bonchev–Trinajstić information content (AvgIpc) is 2.48.